The van der Waals surface area contributed by atoms with Gasteiger partial charge < -0.3 is 5.11 Å². The highest BCUT2D eigenvalue weighted by Gasteiger charge is 2.18. The summed E-state index contributed by atoms with van der Waals surface area (Å²) in [5.41, 5.74) is -0.106. The minimum absolute atomic E-state index is 0.106. The molecule has 0 bridgehead atoms. The quantitative estimate of drug-likeness (QED) is 0.731. The van der Waals surface area contributed by atoms with Crippen LogP contribution in [0.15, 0.2) is 24.3 Å². The summed E-state index contributed by atoms with van der Waals surface area (Å²) in [6.07, 6.45) is -4.78. The average Bonchev–Trinajstić information content (AvgIpc) is 2.03. The number of hydrogen-bond acceptors (Lipinski definition) is 1. The first-order chi connectivity index (χ1) is 5.61. The molecule has 1 rings (SSSR count). The third-order valence-corrected chi connectivity index (χ3v) is 1.43. The molecule has 0 aliphatic carbocycles. The van der Waals surface area contributed by atoms with Crippen LogP contribution in [0.2, 0.25) is 0 Å². The van der Waals surface area contributed by atoms with Gasteiger partial charge in [0.25, 0.3) is 6.43 Å². The Hall–Kier alpha value is -1.03. The summed E-state index contributed by atoms with van der Waals surface area (Å²) < 4.78 is 36.2. The van der Waals surface area contributed by atoms with Crippen molar-refractivity contribution < 1.29 is 18.3 Å². The Labute approximate surface area is 67.5 Å². The van der Waals surface area contributed by atoms with Crippen LogP contribution in [0.25, 0.3) is 0 Å². The molecule has 0 aliphatic heterocycles. The van der Waals surface area contributed by atoms with Gasteiger partial charge in [0.05, 0.1) is 0 Å². The smallest absolute Gasteiger partial charge is 0.268 e. The zero-order chi connectivity index (χ0) is 9.14. The summed E-state index contributed by atoms with van der Waals surface area (Å²) in [6.45, 7) is 0. The molecule has 12 heavy (non-hydrogen) atoms. The number of halogens is 3. The first kappa shape index (κ1) is 9.06. The number of rotatable bonds is 2. The first-order valence-electron chi connectivity index (χ1n) is 3.33. The lowest BCUT2D eigenvalue weighted by Gasteiger charge is -2.08. The van der Waals surface area contributed by atoms with E-state index in [9.17, 15) is 13.2 Å². The monoisotopic (exact) mass is 176 g/mol. The molecule has 0 spiro atoms. The molecule has 1 atom stereocenters. The van der Waals surface area contributed by atoms with Crippen molar-refractivity contribution in [2.24, 2.45) is 0 Å². The molecule has 1 aromatic rings. The molecule has 1 aromatic carbocycles. The highest BCUT2D eigenvalue weighted by atomic mass is 19.3. The molecule has 0 saturated heterocycles. The second-order valence-electron chi connectivity index (χ2n) is 2.33. The number of aliphatic hydroxyl groups is 1. The molecule has 1 nitrogen and oxygen atoms in total. The molecule has 0 aromatic heterocycles. The minimum Gasteiger partial charge on any atom is -0.382 e. The van der Waals surface area contributed by atoms with Crippen molar-refractivity contribution in [1.29, 1.82) is 0 Å². The van der Waals surface area contributed by atoms with Crippen LogP contribution in [0.1, 0.15) is 11.7 Å². The Morgan fingerprint density at radius 1 is 1.25 bits per heavy atom. The molecule has 0 heterocycles. The summed E-state index contributed by atoms with van der Waals surface area (Å²) in [5.74, 6) is -0.632. The predicted octanol–water partition coefficient (Wildman–Crippen LogP) is 2.12. The van der Waals surface area contributed by atoms with Crippen molar-refractivity contribution in [1.82, 2.24) is 0 Å². The summed E-state index contributed by atoms with van der Waals surface area (Å²) in [7, 11) is 0. The van der Waals surface area contributed by atoms with Crippen LogP contribution >= 0.6 is 0 Å². The maximum Gasteiger partial charge on any atom is 0.268 e. The van der Waals surface area contributed by atoms with Crippen molar-refractivity contribution in [3.05, 3.63) is 35.6 Å². The van der Waals surface area contributed by atoms with E-state index in [1.54, 1.807) is 0 Å². The van der Waals surface area contributed by atoms with E-state index in [-0.39, 0.29) is 5.56 Å². The molecule has 0 saturated carbocycles. The van der Waals surface area contributed by atoms with E-state index in [0.717, 1.165) is 12.1 Å². The normalized spacial score (nSPS) is 13.4. The highest BCUT2D eigenvalue weighted by Crippen LogP contribution is 2.20. The summed E-state index contributed by atoms with van der Waals surface area (Å²) in [5, 5.41) is 8.81. The number of alkyl halides is 2. The average molecular weight is 176 g/mol. The second kappa shape index (κ2) is 3.58. The fraction of sp³-hybridized carbons (Fsp3) is 0.250. The minimum atomic E-state index is -2.88. The van der Waals surface area contributed by atoms with Gasteiger partial charge in [0.2, 0.25) is 0 Å². The topological polar surface area (TPSA) is 20.2 Å². The Bertz CT molecular complexity index is 262. The van der Waals surface area contributed by atoms with Crippen LogP contribution in [0.4, 0.5) is 13.2 Å². The SMILES string of the molecule is OC(c1cccc(F)c1)C(F)F. The largest absolute Gasteiger partial charge is 0.382 e. The number of benzene rings is 1. The second-order valence-corrected chi connectivity index (χ2v) is 2.33. The molecule has 1 unspecified atom stereocenters. The van der Waals surface area contributed by atoms with Crippen LogP contribution in [0.3, 0.4) is 0 Å². The molecule has 0 fully saturated rings. The lowest BCUT2D eigenvalue weighted by atomic mass is 10.1. The van der Waals surface area contributed by atoms with E-state index in [0.29, 0.717) is 0 Å². The van der Waals surface area contributed by atoms with Gasteiger partial charge in [0.15, 0.2) is 0 Å². The van der Waals surface area contributed by atoms with E-state index in [4.69, 9.17) is 5.11 Å². The Morgan fingerprint density at radius 2 is 1.92 bits per heavy atom. The van der Waals surface area contributed by atoms with E-state index in [1.165, 1.54) is 12.1 Å². The maximum atomic E-state index is 12.4. The summed E-state index contributed by atoms with van der Waals surface area (Å²) in [4.78, 5) is 0. The lowest BCUT2D eigenvalue weighted by Crippen LogP contribution is -2.07. The van der Waals surface area contributed by atoms with Gasteiger partial charge in [0, 0.05) is 0 Å². The van der Waals surface area contributed by atoms with Gasteiger partial charge in [-0.15, -0.1) is 0 Å². The third-order valence-electron chi connectivity index (χ3n) is 1.43. The number of hydrogen-bond donors (Lipinski definition) is 1. The molecule has 0 aliphatic rings. The predicted molar refractivity (Wildman–Crippen MR) is 37.4 cm³/mol. The van der Waals surface area contributed by atoms with Crippen molar-refractivity contribution >= 4 is 0 Å². The molecule has 1 N–H and O–H groups in total. The van der Waals surface area contributed by atoms with E-state index >= 15 is 0 Å². The zero-order valence-corrected chi connectivity index (χ0v) is 6.05. The van der Waals surface area contributed by atoms with Crippen molar-refractivity contribution in [3.8, 4) is 0 Å². The molecule has 0 radical (unpaired) electrons. The maximum absolute atomic E-state index is 12.4. The number of aliphatic hydroxyl groups excluding tert-OH is 1. The van der Waals surface area contributed by atoms with Crippen molar-refractivity contribution in [2.45, 2.75) is 12.5 Å². The van der Waals surface area contributed by atoms with Gasteiger partial charge in [0.1, 0.15) is 11.9 Å². The van der Waals surface area contributed by atoms with Gasteiger partial charge in [-0.25, -0.2) is 13.2 Å². The summed E-state index contributed by atoms with van der Waals surface area (Å²) in [6, 6.07) is 4.54. The summed E-state index contributed by atoms with van der Waals surface area (Å²) >= 11 is 0. The molecule has 4 heteroatoms. The highest BCUT2D eigenvalue weighted by molar-refractivity contribution is 5.19. The first-order valence-corrected chi connectivity index (χ1v) is 3.33. The van der Waals surface area contributed by atoms with Gasteiger partial charge in [-0.1, -0.05) is 12.1 Å². The Balaban J connectivity index is 2.88. The van der Waals surface area contributed by atoms with Crippen LogP contribution < -0.4 is 0 Å². The van der Waals surface area contributed by atoms with Crippen LogP contribution in [0.5, 0.6) is 0 Å². The lowest BCUT2D eigenvalue weighted by molar-refractivity contribution is -0.00591. The van der Waals surface area contributed by atoms with Crippen LogP contribution in [0, 0.1) is 5.82 Å². The van der Waals surface area contributed by atoms with Crippen LogP contribution in [-0.2, 0) is 0 Å². The molecule has 0 amide bonds. The third kappa shape index (κ3) is 1.98. The van der Waals surface area contributed by atoms with Crippen molar-refractivity contribution in [2.75, 3.05) is 0 Å². The molecule has 66 valence electrons. The standard InChI is InChI=1S/C8H7F3O/c9-6-3-1-2-5(4-6)7(12)8(10)11/h1-4,7-8,12H. The Morgan fingerprint density at radius 3 is 2.42 bits per heavy atom. The fourth-order valence-electron chi connectivity index (χ4n) is 0.836. The van der Waals surface area contributed by atoms with Crippen molar-refractivity contribution in [3.63, 3.8) is 0 Å². The van der Waals surface area contributed by atoms with Gasteiger partial charge >= 0.3 is 0 Å². The van der Waals surface area contributed by atoms with Crippen LogP contribution in [-0.4, -0.2) is 11.5 Å². The van der Waals surface area contributed by atoms with Gasteiger partial charge in [-0.2, -0.15) is 0 Å². The van der Waals surface area contributed by atoms with Gasteiger partial charge in [-0.05, 0) is 17.7 Å². The van der Waals surface area contributed by atoms with E-state index in [1.807, 2.05) is 0 Å². The molecular weight excluding hydrogens is 169 g/mol. The van der Waals surface area contributed by atoms with Gasteiger partial charge in [-0.3, -0.25) is 0 Å². The van der Waals surface area contributed by atoms with E-state index in [2.05, 4.69) is 0 Å². The van der Waals surface area contributed by atoms with E-state index < -0.39 is 18.3 Å². The zero-order valence-electron chi connectivity index (χ0n) is 6.05. The Kier molecular flexibility index (Phi) is 2.70. The fourth-order valence-corrected chi connectivity index (χ4v) is 0.836. The molecular formula is C8H7F3O.